The first kappa shape index (κ1) is 15.0. The Bertz CT molecular complexity index is 413. The van der Waals surface area contributed by atoms with Crippen LogP contribution in [0.4, 0.5) is 0 Å². The molecule has 1 aromatic carbocycles. The maximum atomic E-state index is 11.9. The number of aryl methyl sites for hydroxylation is 1. The molecule has 0 bridgehead atoms. The molecular weight excluding hydrogens is 254 g/mol. The molecule has 20 heavy (non-hydrogen) atoms. The number of nitrogens with one attached hydrogen (secondary N) is 1. The van der Waals surface area contributed by atoms with Crippen molar-refractivity contribution in [2.75, 3.05) is 26.4 Å². The van der Waals surface area contributed by atoms with Gasteiger partial charge in [0.2, 0.25) is 5.91 Å². The van der Waals surface area contributed by atoms with Crippen molar-refractivity contribution in [2.24, 2.45) is 5.41 Å². The predicted molar refractivity (Wildman–Crippen MR) is 77.3 cm³/mol. The molecule has 1 fully saturated rings. The van der Waals surface area contributed by atoms with Crippen LogP contribution in [0, 0.1) is 5.41 Å². The molecule has 1 saturated heterocycles. The second-order valence-electron chi connectivity index (χ2n) is 5.53. The summed E-state index contributed by atoms with van der Waals surface area (Å²) in [5, 5.41) is 12.5. The summed E-state index contributed by atoms with van der Waals surface area (Å²) in [6.07, 6.45) is 2.86. The summed E-state index contributed by atoms with van der Waals surface area (Å²) in [5.74, 6) is 0.0492. The second-order valence-corrected chi connectivity index (χ2v) is 5.53. The molecule has 0 aliphatic carbocycles. The Labute approximate surface area is 120 Å². The van der Waals surface area contributed by atoms with Gasteiger partial charge in [0.25, 0.3) is 0 Å². The summed E-state index contributed by atoms with van der Waals surface area (Å²) in [4.78, 5) is 11.9. The Morgan fingerprint density at radius 1 is 1.25 bits per heavy atom. The number of ether oxygens (including phenoxy) is 1. The van der Waals surface area contributed by atoms with E-state index in [4.69, 9.17) is 4.74 Å². The molecule has 0 spiro atoms. The Balaban J connectivity index is 1.74. The van der Waals surface area contributed by atoms with Crippen LogP contribution in [-0.2, 0) is 16.0 Å². The molecular formula is C16H23NO3. The molecule has 2 rings (SSSR count). The van der Waals surface area contributed by atoms with Crippen LogP contribution in [0.1, 0.15) is 24.8 Å². The number of aliphatic hydroxyl groups is 1. The average Bonchev–Trinajstić information content (AvgIpc) is 2.53. The monoisotopic (exact) mass is 277 g/mol. The first-order chi connectivity index (χ1) is 9.74. The van der Waals surface area contributed by atoms with Crippen molar-refractivity contribution < 1.29 is 14.6 Å². The highest BCUT2D eigenvalue weighted by atomic mass is 16.5. The number of hydrogen-bond donors (Lipinski definition) is 2. The fraction of sp³-hybridized carbons (Fsp3) is 0.562. The molecule has 2 N–H and O–H groups in total. The van der Waals surface area contributed by atoms with Gasteiger partial charge in [0, 0.05) is 31.6 Å². The van der Waals surface area contributed by atoms with Crippen molar-refractivity contribution in [3.63, 3.8) is 0 Å². The van der Waals surface area contributed by atoms with E-state index in [2.05, 4.69) is 5.32 Å². The first-order valence-electron chi connectivity index (χ1n) is 7.23. The summed E-state index contributed by atoms with van der Waals surface area (Å²) in [5.41, 5.74) is 0.978. The van der Waals surface area contributed by atoms with Crippen LogP contribution in [-0.4, -0.2) is 37.4 Å². The van der Waals surface area contributed by atoms with E-state index in [9.17, 15) is 9.90 Å². The Hall–Kier alpha value is -1.39. The van der Waals surface area contributed by atoms with Gasteiger partial charge in [-0.2, -0.15) is 0 Å². The van der Waals surface area contributed by atoms with E-state index in [1.807, 2.05) is 30.3 Å². The molecule has 4 nitrogen and oxygen atoms in total. The largest absolute Gasteiger partial charge is 0.396 e. The highest BCUT2D eigenvalue weighted by Gasteiger charge is 2.32. The summed E-state index contributed by atoms with van der Waals surface area (Å²) < 4.78 is 5.31. The quantitative estimate of drug-likeness (QED) is 0.829. The van der Waals surface area contributed by atoms with E-state index in [-0.39, 0.29) is 17.9 Å². The fourth-order valence-electron chi connectivity index (χ4n) is 2.47. The van der Waals surface area contributed by atoms with Crippen LogP contribution in [0.3, 0.4) is 0 Å². The number of aliphatic hydroxyl groups excluding tert-OH is 1. The van der Waals surface area contributed by atoms with Gasteiger partial charge in [0.15, 0.2) is 0 Å². The van der Waals surface area contributed by atoms with Gasteiger partial charge < -0.3 is 15.2 Å². The number of hydrogen-bond acceptors (Lipinski definition) is 3. The van der Waals surface area contributed by atoms with E-state index in [0.717, 1.165) is 19.3 Å². The molecule has 0 aromatic heterocycles. The average molecular weight is 277 g/mol. The zero-order valence-corrected chi connectivity index (χ0v) is 11.8. The van der Waals surface area contributed by atoms with Crippen molar-refractivity contribution in [2.45, 2.75) is 25.7 Å². The lowest BCUT2D eigenvalue weighted by Crippen LogP contribution is -2.43. The van der Waals surface area contributed by atoms with Crippen molar-refractivity contribution in [1.29, 1.82) is 0 Å². The minimum absolute atomic E-state index is 0.0492. The molecule has 110 valence electrons. The topological polar surface area (TPSA) is 58.6 Å². The minimum atomic E-state index is -0.194. The van der Waals surface area contributed by atoms with Gasteiger partial charge in [-0.25, -0.2) is 0 Å². The van der Waals surface area contributed by atoms with E-state index in [1.165, 1.54) is 5.56 Å². The van der Waals surface area contributed by atoms with Crippen LogP contribution in [0.5, 0.6) is 0 Å². The summed E-state index contributed by atoms with van der Waals surface area (Å²) in [6.45, 7) is 1.98. The molecule has 4 heteroatoms. The number of carbonyl (C=O) groups excluding carboxylic acids is 1. The highest BCUT2D eigenvalue weighted by molar-refractivity contribution is 5.76. The van der Waals surface area contributed by atoms with Crippen LogP contribution >= 0.6 is 0 Å². The number of carbonyl (C=O) groups is 1. The molecule has 1 aromatic rings. The third-order valence-corrected chi connectivity index (χ3v) is 4.03. The van der Waals surface area contributed by atoms with Gasteiger partial charge in [0.1, 0.15) is 0 Å². The van der Waals surface area contributed by atoms with Gasteiger partial charge in [-0.05, 0) is 24.8 Å². The van der Waals surface area contributed by atoms with Crippen LogP contribution in [0.25, 0.3) is 0 Å². The smallest absolute Gasteiger partial charge is 0.220 e. The van der Waals surface area contributed by atoms with Gasteiger partial charge in [-0.1, -0.05) is 30.3 Å². The molecule has 0 unspecified atom stereocenters. The molecule has 1 aliphatic heterocycles. The minimum Gasteiger partial charge on any atom is -0.396 e. The first-order valence-corrected chi connectivity index (χ1v) is 7.23. The standard InChI is InChI=1S/C16H23NO3/c18-13-16(8-10-20-11-9-16)12-17-15(19)7-6-14-4-2-1-3-5-14/h1-5,18H,6-13H2,(H,17,19). The Kier molecular flexibility index (Phi) is 5.56. The van der Waals surface area contributed by atoms with E-state index < -0.39 is 0 Å². The summed E-state index contributed by atoms with van der Waals surface area (Å²) in [6, 6.07) is 9.99. The Morgan fingerprint density at radius 3 is 2.60 bits per heavy atom. The maximum absolute atomic E-state index is 11.9. The van der Waals surface area contributed by atoms with Crippen LogP contribution in [0.2, 0.25) is 0 Å². The van der Waals surface area contributed by atoms with E-state index in [1.54, 1.807) is 0 Å². The summed E-state index contributed by atoms with van der Waals surface area (Å²) >= 11 is 0. The lowest BCUT2D eigenvalue weighted by Gasteiger charge is -2.35. The lowest BCUT2D eigenvalue weighted by molar-refractivity contribution is -0.122. The second kappa shape index (κ2) is 7.41. The van der Waals surface area contributed by atoms with Crippen molar-refractivity contribution in [3.05, 3.63) is 35.9 Å². The number of rotatable bonds is 6. The van der Waals surface area contributed by atoms with Crippen molar-refractivity contribution in [1.82, 2.24) is 5.32 Å². The highest BCUT2D eigenvalue weighted by Crippen LogP contribution is 2.28. The molecule has 0 saturated carbocycles. The molecule has 1 heterocycles. The third kappa shape index (κ3) is 4.32. The molecule has 1 amide bonds. The third-order valence-electron chi connectivity index (χ3n) is 4.03. The van der Waals surface area contributed by atoms with Gasteiger partial charge >= 0.3 is 0 Å². The van der Waals surface area contributed by atoms with Crippen LogP contribution in [0.15, 0.2) is 30.3 Å². The molecule has 0 radical (unpaired) electrons. The van der Waals surface area contributed by atoms with Gasteiger partial charge in [0.05, 0.1) is 6.61 Å². The number of amides is 1. The molecule has 1 aliphatic rings. The Morgan fingerprint density at radius 2 is 1.95 bits per heavy atom. The van der Waals surface area contributed by atoms with Gasteiger partial charge in [-0.3, -0.25) is 4.79 Å². The van der Waals surface area contributed by atoms with E-state index in [0.29, 0.717) is 26.2 Å². The van der Waals surface area contributed by atoms with Gasteiger partial charge in [-0.15, -0.1) is 0 Å². The van der Waals surface area contributed by atoms with Crippen LogP contribution < -0.4 is 5.32 Å². The SMILES string of the molecule is O=C(CCc1ccccc1)NCC1(CO)CCOCC1. The molecule has 0 atom stereocenters. The van der Waals surface area contributed by atoms with Crippen molar-refractivity contribution >= 4 is 5.91 Å². The lowest BCUT2D eigenvalue weighted by atomic mass is 9.81. The predicted octanol–water partition coefficient (Wildman–Crippen LogP) is 1.52. The maximum Gasteiger partial charge on any atom is 0.220 e. The zero-order chi connectivity index (χ0) is 14.3. The van der Waals surface area contributed by atoms with Crippen molar-refractivity contribution in [3.8, 4) is 0 Å². The normalized spacial score (nSPS) is 17.6. The van der Waals surface area contributed by atoms with E-state index >= 15 is 0 Å². The zero-order valence-electron chi connectivity index (χ0n) is 11.8. The summed E-state index contributed by atoms with van der Waals surface area (Å²) in [7, 11) is 0. The fourth-order valence-corrected chi connectivity index (χ4v) is 2.47. The number of benzene rings is 1.